The van der Waals surface area contributed by atoms with Crippen LogP contribution >= 0.6 is 11.6 Å². The van der Waals surface area contributed by atoms with Crippen LogP contribution in [0.4, 0.5) is 11.5 Å². The smallest absolute Gasteiger partial charge is 0.256 e. The number of likely N-dealkylation sites (tertiary alicyclic amines) is 1. The van der Waals surface area contributed by atoms with E-state index >= 15 is 0 Å². The maximum absolute atomic E-state index is 14.0. The number of benzene rings is 5. The largest absolute Gasteiger partial charge is 0.385 e. The molecule has 4 amide bonds. The van der Waals surface area contributed by atoms with Gasteiger partial charge in [0.1, 0.15) is 5.82 Å². The van der Waals surface area contributed by atoms with Gasteiger partial charge in [0.15, 0.2) is 5.82 Å². The molecule has 2 atom stereocenters. The van der Waals surface area contributed by atoms with E-state index in [0.717, 1.165) is 89.9 Å². The number of carbonyl (C=O) groups excluding carboxylic acids is 4. The Morgan fingerprint density at radius 3 is 2.11 bits per heavy atom. The summed E-state index contributed by atoms with van der Waals surface area (Å²) in [6, 6.07) is 43.0. The number of para-hydroxylation sites is 1. The third-order valence-electron chi connectivity index (χ3n) is 15.4. The molecule has 374 valence electrons. The molecule has 1 saturated heterocycles. The van der Waals surface area contributed by atoms with Crippen molar-refractivity contribution >= 4 is 46.7 Å². The van der Waals surface area contributed by atoms with Gasteiger partial charge in [-0.2, -0.15) is 5.10 Å². The van der Waals surface area contributed by atoms with Crippen LogP contribution in [0.25, 0.3) is 0 Å². The van der Waals surface area contributed by atoms with E-state index in [2.05, 4.69) is 64.7 Å². The first kappa shape index (κ1) is 48.5. The molecule has 5 aromatic carbocycles. The zero-order chi connectivity index (χ0) is 51.1. The number of aromatic amines is 1. The molecule has 3 heterocycles. The quantitative estimate of drug-likeness (QED) is 0.0896. The second kappa shape index (κ2) is 19.9. The number of carbonyl (C=O) groups is 4. The SMILES string of the molecule is C=C(/C=C(\N)NC(=O)c1cccc(CN2C(=O)C3(CC3)c3ccccc32)c1)C1CC1.Cc1ccccc1.O=C(Nc1cc(C2CC2)[nH]n1)c1cccc(CN2C(=O)[C@]3(CC3c3ccc(Cl)cc3)C3=CCCC=C32)c1. The lowest BCUT2D eigenvalue weighted by Gasteiger charge is -2.20. The molecule has 5 fully saturated rings. The molecule has 1 aromatic heterocycles. The summed E-state index contributed by atoms with van der Waals surface area (Å²) in [6.07, 6.45) is 15.4. The Balaban J connectivity index is 0.000000143. The summed E-state index contributed by atoms with van der Waals surface area (Å²) in [4.78, 5) is 56.4. The number of anilines is 2. The average molecular weight is 1000 g/mol. The van der Waals surface area contributed by atoms with Crippen molar-refractivity contribution in [3.05, 3.63) is 231 Å². The fourth-order valence-corrected chi connectivity index (χ4v) is 11.1. The van der Waals surface area contributed by atoms with Gasteiger partial charge in [-0.25, -0.2) is 0 Å². The highest BCUT2D eigenvalue weighted by molar-refractivity contribution is 6.30. The molecule has 0 bridgehead atoms. The first-order valence-corrected chi connectivity index (χ1v) is 26.2. The van der Waals surface area contributed by atoms with E-state index in [0.29, 0.717) is 52.7 Å². The molecule has 5 aliphatic carbocycles. The van der Waals surface area contributed by atoms with Crippen LogP contribution in [0.1, 0.15) is 124 Å². The minimum absolute atomic E-state index is 0.158. The number of halogens is 1. The maximum Gasteiger partial charge on any atom is 0.256 e. The zero-order valence-electron chi connectivity index (χ0n) is 41.6. The molecule has 11 nitrogen and oxygen atoms in total. The van der Waals surface area contributed by atoms with Gasteiger partial charge in [0, 0.05) is 51.1 Å². The van der Waals surface area contributed by atoms with Crippen LogP contribution in [0.5, 0.6) is 0 Å². The number of nitrogens with two attached hydrogens (primary N) is 1. The predicted molar refractivity (Wildman–Crippen MR) is 290 cm³/mol. The molecular weight excluding hydrogens is 942 g/mol. The van der Waals surface area contributed by atoms with E-state index in [1.165, 1.54) is 24.0 Å². The second-order valence-corrected chi connectivity index (χ2v) is 21.3. The van der Waals surface area contributed by atoms with Crippen molar-refractivity contribution in [2.75, 3.05) is 10.2 Å². The normalized spacial score (nSPS) is 20.6. The first-order valence-electron chi connectivity index (χ1n) is 25.8. The number of hydrogen-bond donors (Lipinski definition) is 4. The molecule has 13 rings (SSSR count). The van der Waals surface area contributed by atoms with E-state index in [4.69, 9.17) is 17.3 Å². The summed E-state index contributed by atoms with van der Waals surface area (Å²) in [6.45, 7) is 6.97. The van der Waals surface area contributed by atoms with Crippen LogP contribution in [-0.4, -0.2) is 38.7 Å². The third kappa shape index (κ3) is 9.88. The number of H-pyrrole nitrogens is 1. The van der Waals surface area contributed by atoms with E-state index < -0.39 is 5.41 Å². The van der Waals surface area contributed by atoms with Gasteiger partial charge in [0.05, 0.1) is 23.9 Å². The fourth-order valence-electron chi connectivity index (χ4n) is 10.9. The second-order valence-electron chi connectivity index (χ2n) is 20.8. The highest BCUT2D eigenvalue weighted by Gasteiger charge is 2.68. The summed E-state index contributed by atoms with van der Waals surface area (Å²) in [7, 11) is 0. The van der Waals surface area contributed by atoms with E-state index in [1.54, 1.807) is 18.2 Å². The Labute approximate surface area is 437 Å². The maximum atomic E-state index is 14.0. The van der Waals surface area contributed by atoms with Crippen LogP contribution in [0.15, 0.2) is 181 Å². The Hall–Kier alpha value is -7.76. The Kier molecular flexibility index (Phi) is 13.1. The highest BCUT2D eigenvalue weighted by Crippen LogP contribution is 2.70. The van der Waals surface area contributed by atoms with Crippen molar-refractivity contribution in [1.29, 1.82) is 0 Å². The summed E-state index contributed by atoms with van der Waals surface area (Å²) >= 11 is 6.11. The third-order valence-corrected chi connectivity index (χ3v) is 15.7. The standard InChI is InChI=1S/C30H27ClN4O2.C25H25N3O2.C7H8/c31-22-12-10-19(11-13-22)24-16-30(24)23-6-1-2-7-26(23)35(29(30)37)17-18-4-3-5-21(14-18)28(36)32-27-15-25(33-34-27)20-8-9-20;1-16(18-9-10-18)13-22(26)27-23(29)19-6-4-5-17(14-19)15-28-21-8-3-2-7-20(21)25(11-12-25)24(28)30;1-7-5-3-2-4-6-7/h3-7,10-15,20,24H,1-2,8-9,16-17H2,(H2,32,33,34,36);2-8,13-14,18H,1,9-12,15,26H2,(H,27,29);2-6H,1H3/b;22-13+;/t24?,30-;;/m1../s1. The van der Waals surface area contributed by atoms with Crippen LogP contribution in [0, 0.1) is 18.3 Å². The lowest BCUT2D eigenvalue weighted by molar-refractivity contribution is -0.131. The van der Waals surface area contributed by atoms with Crippen molar-refractivity contribution in [3.63, 3.8) is 0 Å². The van der Waals surface area contributed by atoms with Gasteiger partial charge >= 0.3 is 0 Å². The van der Waals surface area contributed by atoms with Gasteiger partial charge in [-0.1, -0.05) is 121 Å². The van der Waals surface area contributed by atoms with Crippen LogP contribution in [-0.2, 0) is 28.1 Å². The van der Waals surface area contributed by atoms with Gasteiger partial charge in [0.2, 0.25) is 11.8 Å². The van der Waals surface area contributed by atoms with E-state index in [9.17, 15) is 19.2 Å². The number of aromatic nitrogens is 2. The predicted octanol–water partition coefficient (Wildman–Crippen LogP) is 12.1. The number of allylic oxidation sites excluding steroid dienone is 5. The fraction of sp³-hybridized carbons (Fsp3) is 0.274. The monoisotopic (exact) mass is 1000 g/mol. The number of nitrogens with zero attached hydrogens (tertiary/aromatic N) is 3. The molecule has 0 radical (unpaired) electrons. The molecule has 5 N–H and O–H groups in total. The molecule has 2 spiro atoms. The number of nitrogens with one attached hydrogen (secondary N) is 3. The Bertz CT molecular complexity index is 3290. The summed E-state index contributed by atoms with van der Waals surface area (Å²) in [5, 5.41) is 13.6. The number of fused-ring (bicyclic) bond motifs is 4. The average Bonchev–Trinajstić information content (AvgIpc) is 4.25. The number of amides is 4. The minimum Gasteiger partial charge on any atom is -0.385 e. The molecular formula is C62H60ClN7O4. The lowest BCUT2D eigenvalue weighted by atomic mass is 9.88. The van der Waals surface area contributed by atoms with Crippen molar-refractivity contribution < 1.29 is 19.2 Å². The van der Waals surface area contributed by atoms with Crippen molar-refractivity contribution in [2.24, 2.45) is 17.1 Å². The van der Waals surface area contributed by atoms with Gasteiger partial charge in [0.25, 0.3) is 11.8 Å². The van der Waals surface area contributed by atoms with Gasteiger partial charge < -0.3 is 26.2 Å². The summed E-state index contributed by atoms with van der Waals surface area (Å²) < 4.78 is 0. The van der Waals surface area contributed by atoms with Crippen LogP contribution < -0.4 is 21.3 Å². The summed E-state index contributed by atoms with van der Waals surface area (Å²) in [5.74, 6) is 1.92. The van der Waals surface area contributed by atoms with Crippen molar-refractivity contribution in [1.82, 2.24) is 20.4 Å². The molecule has 2 aliphatic heterocycles. The molecule has 1 unspecified atom stereocenters. The number of aryl methyl sites for hydroxylation is 1. The molecule has 7 aliphatic rings. The zero-order valence-corrected chi connectivity index (χ0v) is 42.3. The van der Waals surface area contributed by atoms with Gasteiger partial charge in [-0.05, 0) is 153 Å². The van der Waals surface area contributed by atoms with Crippen LogP contribution in [0.3, 0.4) is 0 Å². The van der Waals surface area contributed by atoms with E-state index in [-0.39, 0.29) is 35.0 Å². The van der Waals surface area contributed by atoms with Gasteiger partial charge in [-0.3, -0.25) is 24.3 Å². The highest BCUT2D eigenvalue weighted by atomic mass is 35.5. The Morgan fingerprint density at radius 2 is 1.45 bits per heavy atom. The minimum atomic E-state index is -0.478. The molecule has 4 saturated carbocycles. The number of hydrogen-bond acceptors (Lipinski definition) is 6. The first-order chi connectivity index (χ1) is 35.9. The Morgan fingerprint density at radius 1 is 0.784 bits per heavy atom. The molecule has 12 heteroatoms. The number of rotatable bonds is 12. The molecule has 74 heavy (non-hydrogen) atoms. The topological polar surface area (TPSA) is 154 Å². The molecule has 6 aromatic rings. The van der Waals surface area contributed by atoms with Crippen LogP contribution in [0.2, 0.25) is 5.02 Å². The lowest BCUT2D eigenvalue weighted by Crippen LogP contribution is -2.31. The van der Waals surface area contributed by atoms with Crippen molar-refractivity contribution in [2.45, 2.75) is 95.1 Å². The van der Waals surface area contributed by atoms with Gasteiger partial charge in [-0.15, -0.1) is 0 Å². The van der Waals surface area contributed by atoms with E-state index in [1.807, 2.05) is 113 Å². The van der Waals surface area contributed by atoms with Crippen molar-refractivity contribution in [3.8, 4) is 0 Å². The summed E-state index contributed by atoms with van der Waals surface area (Å²) in [5.41, 5.74) is 16.9.